The number of anilines is 1. The molecular weight excluding hydrogens is 253 g/mol. The Kier molecular flexibility index (Phi) is 3.91. The van der Waals surface area contributed by atoms with Gasteiger partial charge in [0, 0.05) is 18.3 Å². The zero-order valence-electron chi connectivity index (χ0n) is 12.5. The fraction of sp³-hybridized carbons (Fsp3) is 0.500. The average Bonchev–Trinajstić information content (AvgIpc) is 2.57. The van der Waals surface area contributed by atoms with E-state index in [9.17, 15) is 0 Å². The number of pyridine rings is 1. The van der Waals surface area contributed by atoms with Gasteiger partial charge >= 0.3 is 7.12 Å². The Balaban J connectivity index is 2.29. The molecule has 4 N–H and O–H groups in total. The van der Waals surface area contributed by atoms with Crippen LogP contribution >= 0.6 is 0 Å². The monoisotopic (exact) mass is 275 g/mol. The van der Waals surface area contributed by atoms with Crippen molar-refractivity contribution in [1.82, 2.24) is 4.98 Å². The van der Waals surface area contributed by atoms with E-state index < -0.39 is 7.12 Å². The third-order valence-corrected chi connectivity index (χ3v) is 4.00. The van der Waals surface area contributed by atoms with Crippen LogP contribution in [-0.4, -0.2) is 29.8 Å². The molecule has 0 spiro atoms. The first-order valence-electron chi connectivity index (χ1n) is 6.73. The molecule has 1 aromatic rings. The summed E-state index contributed by atoms with van der Waals surface area (Å²) in [7, 11) is -0.454. The molecule has 2 heterocycles. The normalized spacial score (nSPS) is 21.2. The number of hydrogen-bond donors (Lipinski definition) is 2. The minimum absolute atomic E-state index is 0.338. The van der Waals surface area contributed by atoms with E-state index in [1.165, 1.54) is 0 Å². The molecule has 0 aliphatic carbocycles. The van der Waals surface area contributed by atoms with Crippen LogP contribution < -0.4 is 11.5 Å². The van der Waals surface area contributed by atoms with Crippen molar-refractivity contribution < 1.29 is 9.31 Å². The largest absolute Gasteiger partial charge is 0.491 e. The molecule has 1 aliphatic rings. The molecule has 0 radical (unpaired) electrons. The van der Waals surface area contributed by atoms with Crippen LogP contribution in [0.1, 0.15) is 33.3 Å². The fourth-order valence-electron chi connectivity index (χ4n) is 1.97. The molecule has 0 bridgehead atoms. The summed E-state index contributed by atoms with van der Waals surface area (Å²) in [6, 6.07) is 3.73. The zero-order chi connectivity index (χ0) is 15.0. The predicted molar refractivity (Wildman–Crippen MR) is 81.8 cm³/mol. The molecule has 0 aromatic carbocycles. The quantitative estimate of drug-likeness (QED) is 0.819. The van der Waals surface area contributed by atoms with Gasteiger partial charge in [-0.1, -0.05) is 6.08 Å². The van der Waals surface area contributed by atoms with Crippen LogP contribution in [0.2, 0.25) is 0 Å². The predicted octanol–water partition coefficient (Wildman–Crippen LogP) is 1.64. The molecule has 1 aliphatic heterocycles. The summed E-state index contributed by atoms with van der Waals surface area (Å²) in [4.78, 5) is 4.06. The highest BCUT2D eigenvalue weighted by molar-refractivity contribution is 6.56. The van der Waals surface area contributed by atoms with Gasteiger partial charge in [0.15, 0.2) is 0 Å². The second-order valence-electron chi connectivity index (χ2n) is 5.99. The van der Waals surface area contributed by atoms with Crippen molar-refractivity contribution in [2.75, 3.05) is 12.3 Å². The van der Waals surface area contributed by atoms with Gasteiger partial charge in [-0.15, -0.1) is 0 Å². The second kappa shape index (κ2) is 5.20. The summed E-state index contributed by atoms with van der Waals surface area (Å²) in [5.41, 5.74) is 12.6. The van der Waals surface area contributed by atoms with Gasteiger partial charge in [-0.3, -0.25) is 0 Å². The van der Waals surface area contributed by atoms with E-state index in [-0.39, 0.29) is 11.2 Å². The Morgan fingerprint density at radius 2 is 1.90 bits per heavy atom. The topological polar surface area (TPSA) is 83.4 Å². The van der Waals surface area contributed by atoms with Crippen LogP contribution in [0.5, 0.6) is 0 Å². The molecule has 5 nitrogen and oxygen atoms in total. The van der Waals surface area contributed by atoms with Gasteiger partial charge < -0.3 is 20.8 Å². The summed E-state index contributed by atoms with van der Waals surface area (Å²) in [5, 5.41) is 0. The lowest BCUT2D eigenvalue weighted by molar-refractivity contribution is 0.00578. The minimum atomic E-state index is -0.454. The second-order valence-corrected chi connectivity index (χ2v) is 5.99. The molecule has 6 heteroatoms. The highest BCUT2D eigenvalue weighted by Crippen LogP contribution is 2.38. The lowest BCUT2D eigenvalue weighted by Crippen LogP contribution is -2.41. The number of aromatic nitrogens is 1. The van der Waals surface area contributed by atoms with Crippen LogP contribution in [0, 0.1) is 0 Å². The molecule has 0 atom stereocenters. The smallest absolute Gasteiger partial charge is 0.400 e. The summed E-state index contributed by atoms with van der Waals surface area (Å²) < 4.78 is 12.0. The Hall–Kier alpha value is -1.37. The molecule has 1 saturated heterocycles. The van der Waals surface area contributed by atoms with E-state index in [1.807, 2.05) is 45.9 Å². The van der Waals surface area contributed by atoms with E-state index in [2.05, 4.69) is 4.98 Å². The van der Waals surface area contributed by atoms with Gasteiger partial charge in [-0.05, 0) is 45.3 Å². The average molecular weight is 275 g/mol. The van der Waals surface area contributed by atoms with Gasteiger partial charge in [0.2, 0.25) is 0 Å². The van der Waals surface area contributed by atoms with Crippen molar-refractivity contribution in [3.63, 3.8) is 0 Å². The molecule has 108 valence electrons. The van der Waals surface area contributed by atoms with Crippen LogP contribution in [0.3, 0.4) is 0 Å². The summed E-state index contributed by atoms with van der Waals surface area (Å²) in [5.74, 6) is 0.468. The Morgan fingerprint density at radius 3 is 2.40 bits per heavy atom. The van der Waals surface area contributed by atoms with Gasteiger partial charge in [-0.2, -0.15) is 0 Å². The molecule has 1 fully saturated rings. The van der Waals surface area contributed by atoms with Crippen LogP contribution in [0.15, 0.2) is 23.8 Å². The van der Waals surface area contributed by atoms with Crippen LogP contribution in [-0.2, 0) is 9.31 Å². The molecule has 20 heavy (non-hydrogen) atoms. The van der Waals surface area contributed by atoms with Crippen molar-refractivity contribution in [3.8, 4) is 0 Å². The first-order valence-corrected chi connectivity index (χ1v) is 6.73. The van der Waals surface area contributed by atoms with Gasteiger partial charge in [-0.25, -0.2) is 4.98 Å². The number of nitrogen functional groups attached to an aromatic ring is 1. The standard InChI is InChI=1S/C14H22BN3O2/c1-13(2)14(3,4)20-15(19-13)11(9-16)8-10-6-5-7-18-12(10)17/h5-8H,9,16H2,1-4H3,(H2,17,18). The van der Waals surface area contributed by atoms with Gasteiger partial charge in [0.25, 0.3) is 0 Å². The summed E-state index contributed by atoms with van der Waals surface area (Å²) in [6.45, 7) is 8.39. The van der Waals surface area contributed by atoms with E-state index in [0.29, 0.717) is 12.4 Å². The van der Waals surface area contributed by atoms with Crippen molar-refractivity contribution >= 4 is 19.0 Å². The summed E-state index contributed by atoms with van der Waals surface area (Å²) >= 11 is 0. The number of hydrogen-bond acceptors (Lipinski definition) is 5. The zero-order valence-corrected chi connectivity index (χ0v) is 12.5. The van der Waals surface area contributed by atoms with Gasteiger partial charge in [0.1, 0.15) is 5.82 Å². The Labute approximate surface area is 120 Å². The molecule has 0 amide bonds. The maximum atomic E-state index is 6.00. The van der Waals surface area contributed by atoms with Crippen molar-refractivity contribution in [3.05, 3.63) is 29.4 Å². The fourth-order valence-corrected chi connectivity index (χ4v) is 1.97. The third kappa shape index (κ3) is 2.72. The lowest BCUT2D eigenvalue weighted by atomic mass is 9.77. The van der Waals surface area contributed by atoms with Crippen LogP contribution in [0.25, 0.3) is 6.08 Å². The lowest BCUT2D eigenvalue weighted by Gasteiger charge is -2.32. The highest BCUT2D eigenvalue weighted by Gasteiger charge is 2.52. The van der Waals surface area contributed by atoms with Crippen molar-refractivity contribution in [2.24, 2.45) is 5.73 Å². The Bertz CT molecular complexity index is 513. The number of rotatable bonds is 3. The van der Waals surface area contributed by atoms with Gasteiger partial charge in [0.05, 0.1) is 11.2 Å². The van der Waals surface area contributed by atoms with Crippen LogP contribution in [0.4, 0.5) is 5.82 Å². The van der Waals surface area contributed by atoms with E-state index in [1.54, 1.807) is 6.20 Å². The molecule has 0 saturated carbocycles. The Morgan fingerprint density at radius 1 is 1.30 bits per heavy atom. The molecular formula is C14H22BN3O2. The maximum absolute atomic E-state index is 6.00. The highest BCUT2D eigenvalue weighted by atomic mass is 16.7. The SMILES string of the molecule is CC1(C)OB(C(=Cc2cccnc2N)CN)OC1(C)C. The van der Waals surface area contributed by atoms with Crippen molar-refractivity contribution in [2.45, 2.75) is 38.9 Å². The van der Waals surface area contributed by atoms with E-state index >= 15 is 0 Å². The third-order valence-electron chi connectivity index (χ3n) is 4.00. The van der Waals surface area contributed by atoms with Crippen molar-refractivity contribution in [1.29, 1.82) is 0 Å². The molecule has 1 aromatic heterocycles. The minimum Gasteiger partial charge on any atom is -0.400 e. The first kappa shape index (κ1) is 15.0. The van der Waals surface area contributed by atoms with E-state index in [0.717, 1.165) is 11.0 Å². The first-order chi connectivity index (χ1) is 9.27. The summed E-state index contributed by atoms with van der Waals surface area (Å²) in [6.07, 6.45) is 3.55. The van der Waals surface area contributed by atoms with E-state index in [4.69, 9.17) is 20.8 Å². The maximum Gasteiger partial charge on any atom is 0.491 e. The number of nitrogens with two attached hydrogens (primary N) is 2. The molecule has 2 rings (SSSR count). The number of nitrogens with zero attached hydrogens (tertiary/aromatic N) is 1. The molecule has 0 unspecified atom stereocenters.